The molecule has 0 amide bonds. The van der Waals surface area contributed by atoms with E-state index in [1.165, 1.54) is 6.92 Å². The molecule has 0 saturated heterocycles. The minimum Gasteiger partial charge on any atom is -0.387 e. The van der Waals surface area contributed by atoms with Gasteiger partial charge in [0.2, 0.25) is 4.33 Å². The minimum absolute atomic E-state index is 0.0654. The molecule has 206 valence electrons. The van der Waals surface area contributed by atoms with E-state index in [4.69, 9.17) is 27.9 Å². The first-order valence-corrected chi connectivity index (χ1v) is 14.2. The van der Waals surface area contributed by atoms with Gasteiger partial charge in [-0.1, -0.05) is 87.4 Å². The van der Waals surface area contributed by atoms with Gasteiger partial charge in [0.1, 0.15) is 5.78 Å². The van der Waals surface area contributed by atoms with Crippen molar-refractivity contribution in [1.82, 2.24) is 0 Å². The molecule has 0 unspecified atom stereocenters. The largest absolute Gasteiger partial charge is 0.387 e. The summed E-state index contributed by atoms with van der Waals surface area (Å²) < 4.78 is 3.69. The van der Waals surface area contributed by atoms with Crippen molar-refractivity contribution >= 4 is 40.6 Å². The third-order valence-corrected chi connectivity index (χ3v) is 10.1. The van der Waals surface area contributed by atoms with Crippen molar-refractivity contribution in [1.29, 1.82) is 0 Å². The molecule has 1 saturated carbocycles. The highest BCUT2D eigenvalue weighted by atomic mass is 35.5. The molecule has 3 aliphatic carbocycles. The van der Waals surface area contributed by atoms with Gasteiger partial charge in [-0.2, -0.15) is 0 Å². The topological polar surface area (TPSA) is 80.7 Å². The fourth-order valence-corrected chi connectivity index (χ4v) is 7.48. The van der Waals surface area contributed by atoms with Crippen molar-refractivity contribution in [3.8, 4) is 0 Å². The Bertz CT molecular complexity index is 996. The van der Waals surface area contributed by atoms with Gasteiger partial charge in [-0.15, -0.1) is 0 Å². The summed E-state index contributed by atoms with van der Waals surface area (Å²) in [7, 11) is 0. The molecule has 10 atom stereocenters. The summed E-state index contributed by atoms with van der Waals surface area (Å²) in [5.74, 6) is -4.32. The van der Waals surface area contributed by atoms with Crippen molar-refractivity contribution in [2.24, 2.45) is 46.8 Å². The zero-order chi connectivity index (χ0) is 27.9. The summed E-state index contributed by atoms with van der Waals surface area (Å²) in [5, 5.41) is 11.3. The number of ketones is 3. The average Bonchev–Trinajstić information content (AvgIpc) is 2.82. The fraction of sp³-hybridized carbons (Fsp3) is 0.700. The maximum Gasteiger partial charge on any atom is 0.234 e. The van der Waals surface area contributed by atoms with Gasteiger partial charge in [-0.3, -0.25) is 14.4 Å². The lowest BCUT2D eigenvalue weighted by Gasteiger charge is -2.60. The van der Waals surface area contributed by atoms with E-state index in [9.17, 15) is 19.5 Å². The molecule has 3 rings (SSSR count). The summed E-state index contributed by atoms with van der Waals surface area (Å²) in [6.45, 7) is 13.5. The summed E-state index contributed by atoms with van der Waals surface area (Å²) in [6.07, 6.45) is 12.0. The highest BCUT2D eigenvalue weighted by molar-refractivity contribution is 6.68. The van der Waals surface area contributed by atoms with E-state index < -0.39 is 44.9 Å². The van der Waals surface area contributed by atoms with Crippen molar-refractivity contribution in [2.75, 3.05) is 6.61 Å². The number of carbonyl (C=O) groups excluding carboxylic acids is 3. The quantitative estimate of drug-likeness (QED) is 0.261. The molecular weight excluding hydrogens is 511 g/mol. The first-order valence-electron chi connectivity index (χ1n) is 13.5. The van der Waals surface area contributed by atoms with Crippen molar-refractivity contribution in [3.63, 3.8) is 0 Å². The number of halogens is 2. The van der Waals surface area contributed by atoms with Crippen LogP contribution in [0.4, 0.5) is 0 Å². The third kappa shape index (κ3) is 5.44. The van der Waals surface area contributed by atoms with Crippen LogP contribution >= 0.6 is 23.2 Å². The van der Waals surface area contributed by atoms with E-state index in [2.05, 4.69) is 6.08 Å². The highest BCUT2D eigenvalue weighted by Crippen LogP contribution is 2.60. The second-order valence-electron chi connectivity index (χ2n) is 11.9. The SMILES string of the molecule is CCO[C@@H]1[C@@H](C)[C@]2(C)[C@H](C=C[C@H]3[C@H](C)/C=C\C=C\[C@H](C)CC(=O)[C@@H](C)C(=O)C(Cl)(Cl)C(=O)[C@H]32)C[C@@]1(C)O. The maximum absolute atomic E-state index is 14.4. The summed E-state index contributed by atoms with van der Waals surface area (Å²) in [6, 6.07) is 0. The average molecular weight is 554 g/mol. The van der Waals surface area contributed by atoms with Crippen LogP contribution in [0.5, 0.6) is 0 Å². The number of ether oxygens (including phenoxy) is 1. The van der Waals surface area contributed by atoms with Gasteiger partial charge in [-0.25, -0.2) is 0 Å². The monoisotopic (exact) mass is 552 g/mol. The Hall–Kier alpha value is -1.27. The number of hydrogen-bond donors (Lipinski definition) is 1. The number of allylic oxidation sites excluding steroid dienone is 6. The van der Waals surface area contributed by atoms with E-state index in [-0.39, 0.29) is 41.8 Å². The molecule has 3 aliphatic rings. The number of carbonyl (C=O) groups is 3. The van der Waals surface area contributed by atoms with E-state index in [0.29, 0.717) is 13.0 Å². The summed E-state index contributed by atoms with van der Waals surface area (Å²) in [4.78, 5) is 40.8. The van der Waals surface area contributed by atoms with E-state index >= 15 is 0 Å². The van der Waals surface area contributed by atoms with Crippen LogP contribution in [0.25, 0.3) is 0 Å². The molecule has 0 aromatic heterocycles. The molecule has 0 heterocycles. The van der Waals surface area contributed by atoms with Crippen LogP contribution < -0.4 is 0 Å². The molecule has 0 aromatic carbocycles. The van der Waals surface area contributed by atoms with E-state index in [0.717, 1.165) is 0 Å². The van der Waals surface area contributed by atoms with Crippen molar-refractivity contribution < 1.29 is 24.2 Å². The first kappa shape index (κ1) is 30.3. The van der Waals surface area contributed by atoms with Gasteiger partial charge in [0.15, 0.2) is 11.6 Å². The maximum atomic E-state index is 14.4. The van der Waals surface area contributed by atoms with Gasteiger partial charge in [0, 0.05) is 18.9 Å². The molecule has 1 fully saturated rings. The lowest BCUT2D eigenvalue weighted by Crippen LogP contribution is -2.65. The molecule has 1 N–H and O–H groups in total. The van der Waals surface area contributed by atoms with Crippen LogP contribution in [0.15, 0.2) is 36.5 Å². The zero-order valence-electron chi connectivity index (χ0n) is 23.0. The normalized spacial score (nSPS) is 46.5. The van der Waals surface area contributed by atoms with Gasteiger partial charge >= 0.3 is 0 Å². The number of Topliss-reactive ketones (excluding diaryl/α,β-unsaturated/α-hetero) is 3. The molecule has 0 radical (unpaired) electrons. The Labute approximate surface area is 231 Å². The van der Waals surface area contributed by atoms with Gasteiger partial charge in [0.05, 0.1) is 17.6 Å². The molecule has 0 spiro atoms. The van der Waals surface area contributed by atoms with Crippen molar-refractivity contribution in [2.45, 2.75) is 77.3 Å². The molecule has 7 heteroatoms. The minimum atomic E-state index is -2.37. The lowest BCUT2D eigenvalue weighted by molar-refractivity contribution is -0.206. The standard InChI is InChI=1S/C30H42Cl2O5/c1-8-37-27-20(5)29(7)21(16-28(27,6)36)13-14-22-18(3)12-10-9-11-17(2)15-23(33)19(4)25(34)30(31,32)26(35)24(22)29/h9-14,17-22,24,27,36H,8,15-16H2,1-7H3/b11-9+,12-10-/t17-,18+,19+,20+,21+,22-,24-,27+,28+,29+/m0/s1. The Morgan fingerprint density at radius 3 is 2.22 bits per heavy atom. The van der Waals surface area contributed by atoms with Crippen LogP contribution in [0.1, 0.15) is 61.3 Å². The van der Waals surface area contributed by atoms with Crippen LogP contribution in [-0.2, 0) is 19.1 Å². The molecule has 0 aromatic rings. The Balaban J connectivity index is 2.21. The highest BCUT2D eigenvalue weighted by Gasteiger charge is 2.64. The molecular formula is C30H42Cl2O5. The second kappa shape index (κ2) is 11.1. The summed E-state index contributed by atoms with van der Waals surface area (Å²) in [5.41, 5.74) is -1.80. The second-order valence-corrected chi connectivity index (χ2v) is 13.3. The Morgan fingerprint density at radius 2 is 1.59 bits per heavy atom. The molecule has 37 heavy (non-hydrogen) atoms. The van der Waals surface area contributed by atoms with Gasteiger partial charge in [0.25, 0.3) is 0 Å². The number of alkyl halides is 2. The summed E-state index contributed by atoms with van der Waals surface area (Å²) >= 11 is 13.4. The third-order valence-electron chi connectivity index (χ3n) is 9.32. The predicted octanol–water partition coefficient (Wildman–Crippen LogP) is 5.91. The Morgan fingerprint density at radius 1 is 0.973 bits per heavy atom. The van der Waals surface area contributed by atoms with Crippen molar-refractivity contribution in [3.05, 3.63) is 36.5 Å². The van der Waals surface area contributed by atoms with Crippen LogP contribution in [0.2, 0.25) is 0 Å². The number of aliphatic hydroxyl groups is 1. The van der Waals surface area contributed by atoms with Gasteiger partial charge in [-0.05, 0) is 62.2 Å². The number of fused-ring (bicyclic) bond motifs is 3. The lowest BCUT2D eigenvalue weighted by atomic mass is 9.46. The molecule has 0 bridgehead atoms. The van der Waals surface area contributed by atoms with Crippen LogP contribution in [0.3, 0.4) is 0 Å². The zero-order valence-corrected chi connectivity index (χ0v) is 24.6. The smallest absolute Gasteiger partial charge is 0.234 e. The fourth-order valence-electron chi connectivity index (χ4n) is 6.92. The van der Waals surface area contributed by atoms with E-state index in [1.54, 1.807) is 6.92 Å². The first-order chi connectivity index (χ1) is 17.1. The number of rotatable bonds is 2. The van der Waals surface area contributed by atoms with Crippen LogP contribution in [0, 0.1) is 46.8 Å². The van der Waals surface area contributed by atoms with Crippen LogP contribution in [-0.4, -0.2) is 45.1 Å². The van der Waals surface area contributed by atoms with Gasteiger partial charge < -0.3 is 9.84 Å². The Kier molecular flexibility index (Phi) is 9.06. The van der Waals surface area contributed by atoms with E-state index in [1.807, 2.05) is 65.0 Å². The number of hydrogen-bond acceptors (Lipinski definition) is 5. The molecule has 0 aliphatic heterocycles. The predicted molar refractivity (Wildman–Crippen MR) is 147 cm³/mol. The molecule has 5 nitrogen and oxygen atoms in total.